The van der Waals surface area contributed by atoms with Crippen LogP contribution in [-0.2, 0) is 10.0 Å². The Morgan fingerprint density at radius 3 is 2.58 bits per heavy atom. The Morgan fingerprint density at radius 2 is 1.95 bits per heavy atom. The van der Waals surface area contributed by atoms with Crippen molar-refractivity contribution in [1.29, 1.82) is 0 Å². The molecule has 1 aliphatic rings. The van der Waals surface area contributed by atoms with Crippen LogP contribution in [0.5, 0.6) is 0 Å². The standard InChI is InChI=1S/C12H16Br2N2O2S/c1-8-6-10(14)11(7-9(8)13)19(17,18)16-5-3-2-4-12(16)15/h6-7,12H,2-5,15H2,1H3. The first kappa shape index (κ1) is 15.4. The molecule has 4 nitrogen and oxygen atoms in total. The molecule has 1 aromatic rings. The Morgan fingerprint density at radius 1 is 1.26 bits per heavy atom. The molecule has 0 bridgehead atoms. The van der Waals surface area contributed by atoms with E-state index in [9.17, 15) is 8.42 Å². The molecule has 1 saturated heterocycles. The summed E-state index contributed by atoms with van der Waals surface area (Å²) < 4.78 is 28.1. The molecular weight excluding hydrogens is 396 g/mol. The van der Waals surface area contributed by atoms with Crippen molar-refractivity contribution >= 4 is 41.9 Å². The third-order valence-electron chi connectivity index (χ3n) is 3.30. The second-order valence-corrected chi connectivity index (χ2v) is 8.28. The van der Waals surface area contributed by atoms with Gasteiger partial charge in [-0.3, -0.25) is 0 Å². The Hall–Kier alpha value is 0.0500. The third-order valence-corrected chi connectivity index (χ3v) is 7.04. The average Bonchev–Trinajstić information content (AvgIpc) is 2.34. The van der Waals surface area contributed by atoms with E-state index in [1.54, 1.807) is 12.1 Å². The van der Waals surface area contributed by atoms with E-state index >= 15 is 0 Å². The predicted molar refractivity (Wildman–Crippen MR) is 82.3 cm³/mol. The lowest BCUT2D eigenvalue weighted by Crippen LogP contribution is -2.48. The van der Waals surface area contributed by atoms with Gasteiger partial charge in [-0.2, -0.15) is 4.31 Å². The zero-order valence-electron chi connectivity index (χ0n) is 10.6. The van der Waals surface area contributed by atoms with E-state index in [0.717, 1.165) is 22.9 Å². The fourth-order valence-electron chi connectivity index (χ4n) is 2.18. The van der Waals surface area contributed by atoms with Gasteiger partial charge in [0.25, 0.3) is 0 Å². The quantitative estimate of drug-likeness (QED) is 0.813. The van der Waals surface area contributed by atoms with Crippen molar-refractivity contribution in [3.05, 3.63) is 26.6 Å². The number of sulfonamides is 1. The van der Waals surface area contributed by atoms with E-state index in [1.807, 2.05) is 6.92 Å². The third kappa shape index (κ3) is 3.05. The van der Waals surface area contributed by atoms with E-state index in [1.165, 1.54) is 4.31 Å². The maximum atomic E-state index is 12.7. The molecule has 1 atom stereocenters. The molecule has 1 aromatic carbocycles. The molecule has 0 aliphatic carbocycles. The summed E-state index contributed by atoms with van der Waals surface area (Å²) in [5.74, 6) is 0. The van der Waals surface area contributed by atoms with Gasteiger partial charge in [-0.05, 0) is 59.8 Å². The monoisotopic (exact) mass is 410 g/mol. The normalized spacial score (nSPS) is 21.6. The topological polar surface area (TPSA) is 63.4 Å². The van der Waals surface area contributed by atoms with E-state index in [2.05, 4.69) is 31.9 Å². The minimum Gasteiger partial charge on any atom is -0.315 e. The van der Waals surface area contributed by atoms with Gasteiger partial charge in [0.2, 0.25) is 10.0 Å². The molecule has 1 heterocycles. The minimum absolute atomic E-state index is 0.266. The highest BCUT2D eigenvalue weighted by Gasteiger charge is 2.32. The van der Waals surface area contributed by atoms with Gasteiger partial charge < -0.3 is 5.73 Å². The van der Waals surface area contributed by atoms with Gasteiger partial charge in [0.1, 0.15) is 0 Å². The van der Waals surface area contributed by atoms with Gasteiger partial charge in [-0.15, -0.1) is 0 Å². The van der Waals surface area contributed by atoms with Crippen molar-refractivity contribution in [3.63, 3.8) is 0 Å². The summed E-state index contributed by atoms with van der Waals surface area (Å²) in [4.78, 5) is 0.266. The lowest BCUT2D eigenvalue weighted by molar-refractivity contribution is 0.258. The van der Waals surface area contributed by atoms with E-state index in [0.29, 0.717) is 17.4 Å². The molecule has 2 rings (SSSR count). The SMILES string of the molecule is Cc1cc(Br)c(S(=O)(=O)N2CCCCC2N)cc1Br. The molecule has 0 amide bonds. The van der Waals surface area contributed by atoms with Gasteiger partial charge in [-0.1, -0.05) is 15.9 Å². The summed E-state index contributed by atoms with van der Waals surface area (Å²) >= 11 is 6.71. The molecule has 1 fully saturated rings. The largest absolute Gasteiger partial charge is 0.315 e. The number of nitrogens with two attached hydrogens (primary N) is 1. The number of halogens is 2. The Balaban J connectivity index is 2.47. The van der Waals surface area contributed by atoms with Crippen molar-refractivity contribution in [2.45, 2.75) is 37.2 Å². The number of hydrogen-bond donors (Lipinski definition) is 1. The zero-order valence-corrected chi connectivity index (χ0v) is 14.6. The smallest absolute Gasteiger partial charge is 0.245 e. The predicted octanol–water partition coefficient (Wildman–Crippen LogP) is 2.98. The number of piperidine rings is 1. The van der Waals surface area contributed by atoms with Crippen LogP contribution in [-0.4, -0.2) is 25.4 Å². The second-order valence-electron chi connectivity index (χ2n) is 4.71. The van der Waals surface area contributed by atoms with Crippen molar-refractivity contribution in [1.82, 2.24) is 4.31 Å². The molecule has 0 saturated carbocycles. The highest BCUT2D eigenvalue weighted by Crippen LogP contribution is 2.32. The minimum atomic E-state index is -3.55. The van der Waals surface area contributed by atoms with Crippen LogP contribution in [0.1, 0.15) is 24.8 Å². The molecule has 0 radical (unpaired) electrons. The lowest BCUT2D eigenvalue weighted by atomic mass is 10.1. The van der Waals surface area contributed by atoms with E-state index in [4.69, 9.17) is 5.73 Å². The van der Waals surface area contributed by atoms with Crippen molar-refractivity contribution < 1.29 is 8.42 Å². The number of aryl methyl sites for hydroxylation is 1. The number of hydrogen-bond acceptors (Lipinski definition) is 3. The van der Waals surface area contributed by atoms with Gasteiger partial charge in [0, 0.05) is 15.5 Å². The maximum absolute atomic E-state index is 12.7. The molecule has 1 aliphatic heterocycles. The van der Waals surface area contributed by atoms with Crippen LogP contribution in [0.4, 0.5) is 0 Å². The van der Waals surface area contributed by atoms with Crippen LogP contribution in [0.2, 0.25) is 0 Å². The molecule has 1 unspecified atom stereocenters. The van der Waals surface area contributed by atoms with Crippen molar-refractivity contribution in [2.75, 3.05) is 6.54 Å². The summed E-state index contributed by atoms with van der Waals surface area (Å²) in [6, 6.07) is 3.43. The van der Waals surface area contributed by atoms with Gasteiger partial charge in [-0.25, -0.2) is 8.42 Å². The summed E-state index contributed by atoms with van der Waals surface area (Å²) in [7, 11) is -3.55. The first-order valence-electron chi connectivity index (χ1n) is 6.07. The van der Waals surface area contributed by atoms with Crippen LogP contribution < -0.4 is 5.73 Å². The van der Waals surface area contributed by atoms with Crippen molar-refractivity contribution in [2.24, 2.45) is 5.73 Å². The molecule has 19 heavy (non-hydrogen) atoms. The Kier molecular flexibility index (Phi) is 4.72. The summed E-state index contributed by atoms with van der Waals surface area (Å²) in [5.41, 5.74) is 6.92. The zero-order chi connectivity index (χ0) is 14.2. The molecule has 0 aromatic heterocycles. The highest BCUT2D eigenvalue weighted by molar-refractivity contribution is 9.11. The number of rotatable bonds is 2. The molecular formula is C12H16Br2N2O2S. The fourth-order valence-corrected chi connectivity index (χ4v) is 5.40. The lowest BCUT2D eigenvalue weighted by Gasteiger charge is -2.32. The molecule has 2 N–H and O–H groups in total. The highest BCUT2D eigenvalue weighted by atomic mass is 79.9. The van der Waals surface area contributed by atoms with Gasteiger partial charge >= 0.3 is 0 Å². The average molecular weight is 412 g/mol. The van der Waals surface area contributed by atoms with Crippen LogP contribution in [0, 0.1) is 6.92 Å². The number of benzene rings is 1. The molecule has 7 heteroatoms. The van der Waals surface area contributed by atoms with Crippen LogP contribution in [0.15, 0.2) is 26.0 Å². The maximum Gasteiger partial charge on any atom is 0.245 e. The number of nitrogens with zero attached hydrogens (tertiary/aromatic N) is 1. The van der Waals surface area contributed by atoms with Crippen LogP contribution >= 0.6 is 31.9 Å². The second kappa shape index (κ2) is 5.81. The van der Waals surface area contributed by atoms with E-state index in [-0.39, 0.29) is 4.90 Å². The molecule has 106 valence electrons. The van der Waals surface area contributed by atoms with Crippen LogP contribution in [0.25, 0.3) is 0 Å². The Bertz CT molecular complexity index is 590. The Labute approximate surface area is 130 Å². The molecule has 0 spiro atoms. The fraction of sp³-hybridized carbons (Fsp3) is 0.500. The van der Waals surface area contributed by atoms with Crippen molar-refractivity contribution in [3.8, 4) is 0 Å². The van der Waals surface area contributed by atoms with Crippen LogP contribution in [0.3, 0.4) is 0 Å². The summed E-state index contributed by atoms with van der Waals surface area (Å²) in [6.07, 6.45) is 2.12. The summed E-state index contributed by atoms with van der Waals surface area (Å²) in [5, 5.41) is 0. The first-order valence-corrected chi connectivity index (χ1v) is 9.09. The van der Waals surface area contributed by atoms with Gasteiger partial charge in [0.05, 0.1) is 11.1 Å². The van der Waals surface area contributed by atoms with E-state index < -0.39 is 16.2 Å². The summed E-state index contributed by atoms with van der Waals surface area (Å²) in [6.45, 7) is 2.40. The van der Waals surface area contributed by atoms with Gasteiger partial charge in [0.15, 0.2) is 0 Å². The first-order chi connectivity index (χ1) is 8.84.